The fourth-order valence-corrected chi connectivity index (χ4v) is 3.89. The number of benzene rings is 1. The van der Waals surface area contributed by atoms with E-state index in [1.54, 1.807) is 5.38 Å². The van der Waals surface area contributed by atoms with Gasteiger partial charge in [0.2, 0.25) is 5.91 Å². The van der Waals surface area contributed by atoms with Crippen molar-refractivity contribution in [3.8, 4) is 11.3 Å². The van der Waals surface area contributed by atoms with E-state index in [1.165, 1.54) is 36.7 Å². The smallest absolute Gasteiger partial charge is 0.240 e. The summed E-state index contributed by atoms with van der Waals surface area (Å²) in [7, 11) is 1.98. The number of carbonyl (C=O) groups is 1. The number of anilines is 1. The Hall–Kier alpha value is -1.86. The number of amides is 1. The van der Waals surface area contributed by atoms with Crippen LogP contribution in [-0.4, -0.2) is 35.4 Å². The van der Waals surface area contributed by atoms with Crippen LogP contribution in [0.5, 0.6) is 0 Å². The third kappa shape index (κ3) is 4.61. The fourth-order valence-electron chi connectivity index (χ4n) is 3.16. The first kappa shape index (κ1) is 17.9. The van der Waals surface area contributed by atoms with Crippen molar-refractivity contribution in [2.24, 2.45) is 0 Å². The Morgan fingerprint density at radius 2 is 2.04 bits per heavy atom. The molecule has 1 aromatic heterocycles. The Morgan fingerprint density at radius 1 is 1.28 bits per heavy atom. The summed E-state index contributed by atoms with van der Waals surface area (Å²) in [4.78, 5) is 18.6. The number of nitrogens with zero attached hydrogens (tertiary/aromatic N) is 2. The van der Waals surface area contributed by atoms with Crippen molar-refractivity contribution in [2.45, 2.75) is 38.1 Å². The number of hydrogen-bond donors (Lipinski definition) is 1. The van der Waals surface area contributed by atoms with Crippen LogP contribution >= 0.6 is 11.3 Å². The SMILES string of the molecule is CN(CC(=O)Nc1nc(-c2ccc(F)c(F)c2)cs1)C1CCCCC1. The van der Waals surface area contributed by atoms with Crippen molar-refractivity contribution < 1.29 is 13.6 Å². The number of rotatable bonds is 5. The van der Waals surface area contributed by atoms with E-state index in [4.69, 9.17) is 0 Å². The van der Waals surface area contributed by atoms with Gasteiger partial charge in [0.1, 0.15) is 0 Å². The van der Waals surface area contributed by atoms with E-state index >= 15 is 0 Å². The normalized spacial score (nSPS) is 15.5. The molecular weight excluding hydrogens is 344 g/mol. The van der Waals surface area contributed by atoms with Crippen LogP contribution in [0.25, 0.3) is 11.3 Å². The molecule has 4 nitrogen and oxygen atoms in total. The lowest BCUT2D eigenvalue weighted by Crippen LogP contribution is -2.39. The van der Waals surface area contributed by atoms with E-state index in [0.29, 0.717) is 29.0 Å². The van der Waals surface area contributed by atoms with Gasteiger partial charge in [-0.05, 0) is 38.1 Å². The minimum Gasteiger partial charge on any atom is -0.301 e. The van der Waals surface area contributed by atoms with Gasteiger partial charge in [-0.1, -0.05) is 19.3 Å². The van der Waals surface area contributed by atoms with Crippen LogP contribution in [0.2, 0.25) is 0 Å². The summed E-state index contributed by atoms with van der Waals surface area (Å²) in [5.74, 6) is -1.91. The Morgan fingerprint density at radius 3 is 2.76 bits per heavy atom. The largest absolute Gasteiger partial charge is 0.301 e. The number of hydrogen-bond acceptors (Lipinski definition) is 4. The topological polar surface area (TPSA) is 45.2 Å². The number of likely N-dealkylation sites (N-methyl/N-ethyl adjacent to an activating group) is 1. The van der Waals surface area contributed by atoms with Crippen LogP contribution in [0, 0.1) is 11.6 Å². The molecule has 0 spiro atoms. The molecule has 1 amide bonds. The van der Waals surface area contributed by atoms with Crippen molar-refractivity contribution in [3.63, 3.8) is 0 Å². The first-order chi connectivity index (χ1) is 12.0. The Labute approximate surface area is 149 Å². The molecule has 0 bridgehead atoms. The van der Waals surface area contributed by atoms with Gasteiger partial charge in [0.15, 0.2) is 16.8 Å². The molecule has 134 valence electrons. The second kappa shape index (κ2) is 8.01. The predicted octanol–water partition coefficient (Wildman–Crippen LogP) is 4.29. The molecule has 1 N–H and O–H groups in total. The molecule has 0 aliphatic heterocycles. The molecule has 25 heavy (non-hydrogen) atoms. The molecule has 2 aromatic rings. The molecule has 1 aliphatic carbocycles. The van der Waals surface area contributed by atoms with Gasteiger partial charge < -0.3 is 5.32 Å². The van der Waals surface area contributed by atoms with Crippen LogP contribution in [0.1, 0.15) is 32.1 Å². The summed E-state index contributed by atoms with van der Waals surface area (Å²) in [6.07, 6.45) is 6.01. The van der Waals surface area contributed by atoms with E-state index in [9.17, 15) is 13.6 Å². The second-order valence-corrected chi connectivity index (χ2v) is 7.28. The van der Waals surface area contributed by atoms with Gasteiger partial charge in [0.25, 0.3) is 0 Å². The highest BCUT2D eigenvalue weighted by atomic mass is 32.1. The minimum atomic E-state index is -0.912. The average Bonchev–Trinajstić information content (AvgIpc) is 3.06. The maximum absolute atomic E-state index is 13.3. The zero-order chi connectivity index (χ0) is 17.8. The predicted molar refractivity (Wildman–Crippen MR) is 95.6 cm³/mol. The Balaban J connectivity index is 1.58. The molecule has 3 rings (SSSR count). The van der Waals surface area contributed by atoms with Crippen LogP contribution in [0.4, 0.5) is 13.9 Å². The first-order valence-corrected chi connectivity index (χ1v) is 9.32. The van der Waals surface area contributed by atoms with Crippen molar-refractivity contribution in [3.05, 3.63) is 35.2 Å². The summed E-state index contributed by atoms with van der Waals surface area (Å²) in [6, 6.07) is 4.11. The fraction of sp³-hybridized carbons (Fsp3) is 0.444. The first-order valence-electron chi connectivity index (χ1n) is 8.44. The molecule has 1 heterocycles. The lowest BCUT2D eigenvalue weighted by Gasteiger charge is -2.30. The van der Waals surface area contributed by atoms with E-state index in [2.05, 4.69) is 15.2 Å². The van der Waals surface area contributed by atoms with Gasteiger partial charge in [0.05, 0.1) is 12.2 Å². The van der Waals surface area contributed by atoms with Crippen LogP contribution in [0.3, 0.4) is 0 Å². The van der Waals surface area contributed by atoms with Gasteiger partial charge in [-0.15, -0.1) is 11.3 Å². The highest BCUT2D eigenvalue weighted by molar-refractivity contribution is 7.14. The molecule has 0 saturated heterocycles. The van der Waals surface area contributed by atoms with Gasteiger partial charge in [-0.3, -0.25) is 9.69 Å². The summed E-state index contributed by atoms with van der Waals surface area (Å²) in [6.45, 7) is 0.324. The third-order valence-corrected chi connectivity index (χ3v) is 5.31. The maximum Gasteiger partial charge on any atom is 0.240 e. The molecule has 7 heteroatoms. The van der Waals surface area contributed by atoms with E-state index in [0.717, 1.165) is 25.0 Å². The van der Waals surface area contributed by atoms with E-state index < -0.39 is 11.6 Å². The molecule has 1 fully saturated rings. The number of thiazole rings is 1. The summed E-state index contributed by atoms with van der Waals surface area (Å²) < 4.78 is 26.3. The van der Waals surface area contributed by atoms with E-state index in [-0.39, 0.29) is 5.91 Å². The number of nitrogens with one attached hydrogen (secondary N) is 1. The van der Waals surface area contributed by atoms with Crippen molar-refractivity contribution in [1.82, 2.24) is 9.88 Å². The highest BCUT2D eigenvalue weighted by Gasteiger charge is 2.20. The number of carbonyl (C=O) groups excluding carboxylic acids is 1. The summed E-state index contributed by atoms with van der Waals surface area (Å²) in [5, 5.41) is 4.96. The van der Waals surface area contributed by atoms with Gasteiger partial charge in [-0.25, -0.2) is 13.8 Å². The monoisotopic (exact) mass is 365 g/mol. The summed E-state index contributed by atoms with van der Waals surface area (Å²) in [5.41, 5.74) is 0.995. The van der Waals surface area contributed by atoms with Gasteiger partial charge in [0, 0.05) is 17.0 Å². The maximum atomic E-state index is 13.3. The molecule has 0 radical (unpaired) electrons. The van der Waals surface area contributed by atoms with Crippen molar-refractivity contribution >= 4 is 22.4 Å². The summed E-state index contributed by atoms with van der Waals surface area (Å²) >= 11 is 1.27. The minimum absolute atomic E-state index is 0.112. The highest BCUT2D eigenvalue weighted by Crippen LogP contribution is 2.26. The second-order valence-electron chi connectivity index (χ2n) is 6.42. The molecule has 1 aromatic carbocycles. The lowest BCUT2D eigenvalue weighted by molar-refractivity contribution is -0.117. The van der Waals surface area contributed by atoms with Crippen molar-refractivity contribution in [2.75, 3.05) is 18.9 Å². The van der Waals surface area contributed by atoms with E-state index in [1.807, 2.05) is 7.05 Å². The van der Waals surface area contributed by atoms with Gasteiger partial charge >= 0.3 is 0 Å². The quantitative estimate of drug-likeness (QED) is 0.860. The zero-order valence-electron chi connectivity index (χ0n) is 14.1. The van der Waals surface area contributed by atoms with Crippen LogP contribution in [0.15, 0.2) is 23.6 Å². The molecule has 1 saturated carbocycles. The Bertz CT molecular complexity index is 744. The third-order valence-electron chi connectivity index (χ3n) is 4.56. The molecule has 0 unspecified atom stereocenters. The molecular formula is C18H21F2N3OS. The van der Waals surface area contributed by atoms with Crippen LogP contribution in [-0.2, 0) is 4.79 Å². The van der Waals surface area contributed by atoms with Crippen molar-refractivity contribution in [1.29, 1.82) is 0 Å². The van der Waals surface area contributed by atoms with Crippen LogP contribution < -0.4 is 5.32 Å². The average molecular weight is 365 g/mol. The molecule has 0 atom stereocenters. The number of halogens is 2. The molecule has 1 aliphatic rings. The van der Waals surface area contributed by atoms with Gasteiger partial charge in [-0.2, -0.15) is 0 Å². The number of aromatic nitrogens is 1. The Kier molecular flexibility index (Phi) is 5.75. The standard InChI is InChI=1S/C18H21F2N3OS/c1-23(13-5-3-2-4-6-13)10-17(24)22-18-21-16(11-25-18)12-7-8-14(19)15(20)9-12/h7-9,11,13H,2-6,10H2,1H3,(H,21,22,24). The zero-order valence-corrected chi connectivity index (χ0v) is 14.9. The lowest BCUT2D eigenvalue weighted by atomic mass is 9.94.